The molecule has 5 unspecified atom stereocenters. The van der Waals surface area contributed by atoms with Crippen molar-refractivity contribution in [2.75, 3.05) is 18.4 Å². The molecule has 0 bridgehead atoms. The third-order valence-corrected chi connectivity index (χ3v) is 7.93. The fourth-order valence-electron chi connectivity index (χ4n) is 5.91. The average Bonchev–Trinajstić information content (AvgIpc) is 3.29. The molecule has 2 aromatic carbocycles. The number of hydrogen-bond acceptors (Lipinski definition) is 5. The normalized spacial score (nSPS) is 24.4. The monoisotopic (exact) mass is 493 g/mol. The van der Waals surface area contributed by atoms with Gasteiger partial charge in [0.25, 0.3) is 5.91 Å². The quantitative estimate of drug-likeness (QED) is 0.471. The van der Waals surface area contributed by atoms with Crippen LogP contribution in [0.3, 0.4) is 0 Å². The Bertz CT molecular complexity index is 1060. The number of hydrogen-bond donors (Lipinski definition) is 4. The van der Waals surface area contributed by atoms with Crippen LogP contribution < -0.4 is 11.1 Å². The lowest BCUT2D eigenvalue weighted by Crippen LogP contribution is -2.38. The molecule has 4 rings (SSSR count). The maximum atomic E-state index is 13.2. The van der Waals surface area contributed by atoms with Crippen LogP contribution >= 0.6 is 0 Å². The molecule has 2 aliphatic rings. The van der Waals surface area contributed by atoms with Crippen LogP contribution in [0.25, 0.3) is 0 Å². The van der Waals surface area contributed by atoms with E-state index >= 15 is 0 Å². The number of rotatable bonds is 7. The maximum absolute atomic E-state index is 13.2. The van der Waals surface area contributed by atoms with Crippen molar-refractivity contribution in [3.8, 4) is 0 Å². The molecule has 0 aromatic heterocycles. The van der Waals surface area contributed by atoms with E-state index in [9.17, 15) is 19.8 Å². The molecule has 1 aliphatic heterocycles. The Labute approximate surface area is 213 Å². The first kappa shape index (κ1) is 26.3. The summed E-state index contributed by atoms with van der Waals surface area (Å²) in [6.45, 7) is 5.52. The Hall–Kier alpha value is -2.74. The van der Waals surface area contributed by atoms with Crippen molar-refractivity contribution in [3.05, 3.63) is 65.2 Å². The number of nitrogens with one attached hydrogen (secondary N) is 1. The van der Waals surface area contributed by atoms with Gasteiger partial charge >= 0.3 is 0 Å². The van der Waals surface area contributed by atoms with Crippen molar-refractivity contribution in [3.63, 3.8) is 0 Å². The Morgan fingerprint density at radius 2 is 1.81 bits per heavy atom. The fraction of sp³-hybridized carbons (Fsp3) is 0.517. The lowest BCUT2D eigenvalue weighted by molar-refractivity contribution is -0.123. The summed E-state index contributed by atoms with van der Waals surface area (Å²) in [6.07, 6.45) is 1.37. The summed E-state index contributed by atoms with van der Waals surface area (Å²) in [5, 5.41) is 23.2. The summed E-state index contributed by atoms with van der Waals surface area (Å²) >= 11 is 0. The Morgan fingerprint density at radius 3 is 2.50 bits per heavy atom. The lowest BCUT2D eigenvalue weighted by Gasteiger charge is -2.32. The van der Waals surface area contributed by atoms with Crippen LogP contribution in [0.1, 0.15) is 66.9 Å². The van der Waals surface area contributed by atoms with E-state index in [1.807, 2.05) is 17.0 Å². The van der Waals surface area contributed by atoms with E-state index in [0.717, 1.165) is 18.4 Å². The number of nitrogens with zero attached hydrogens (tertiary/aromatic N) is 1. The van der Waals surface area contributed by atoms with Gasteiger partial charge in [-0.2, -0.15) is 0 Å². The van der Waals surface area contributed by atoms with Gasteiger partial charge < -0.3 is 26.2 Å². The largest absolute Gasteiger partial charge is 0.391 e. The van der Waals surface area contributed by atoms with Crippen molar-refractivity contribution < 1.29 is 19.8 Å². The molecule has 2 amide bonds. The molecule has 0 radical (unpaired) electrons. The highest BCUT2D eigenvalue weighted by atomic mass is 16.3. The van der Waals surface area contributed by atoms with E-state index in [-0.39, 0.29) is 23.7 Å². The van der Waals surface area contributed by atoms with Gasteiger partial charge in [0.1, 0.15) is 0 Å². The van der Waals surface area contributed by atoms with Crippen LogP contribution in [0.15, 0.2) is 48.5 Å². The van der Waals surface area contributed by atoms with Gasteiger partial charge in [-0.3, -0.25) is 9.59 Å². The summed E-state index contributed by atoms with van der Waals surface area (Å²) in [6, 6.07) is 15.5. The molecule has 1 heterocycles. The van der Waals surface area contributed by atoms with E-state index in [1.165, 1.54) is 5.56 Å². The molecule has 0 spiro atoms. The highest BCUT2D eigenvalue weighted by Crippen LogP contribution is 2.40. The number of nitrogens with two attached hydrogens (primary N) is 1. The molecule has 194 valence electrons. The van der Waals surface area contributed by atoms with Crippen LogP contribution in [0.5, 0.6) is 0 Å². The first-order valence-corrected chi connectivity index (χ1v) is 13.1. The highest BCUT2D eigenvalue weighted by Gasteiger charge is 2.42. The van der Waals surface area contributed by atoms with Crippen LogP contribution in [0.2, 0.25) is 0 Å². The number of amides is 2. The van der Waals surface area contributed by atoms with Crippen molar-refractivity contribution in [2.24, 2.45) is 23.5 Å². The van der Waals surface area contributed by atoms with Gasteiger partial charge in [0.15, 0.2) is 0 Å². The number of anilines is 1. The van der Waals surface area contributed by atoms with Crippen molar-refractivity contribution in [1.82, 2.24) is 4.90 Å². The summed E-state index contributed by atoms with van der Waals surface area (Å²) in [5.74, 6) is -0.138. The molecule has 5 N–H and O–H groups in total. The number of likely N-dealkylation sites (tertiary alicyclic amines) is 1. The second-order valence-electron chi connectivity index (χ2n) is 10.7. The third-order valence-electron chi connectivity index (χ3n) is 7.93. The zero-order valence-electron chi connectivity index (χ0n) is 21.3. The average molecular weight is 494 g/mol. The molecule has 1 aliphatic carbocycles. The van der Waals surface area contributed by atoms with Crippen LogP contribution in [0, 0.1) is 17.8 Å². The summed E-state index contributed by atoms with van der Waals surface area (Å²) in [7, 11) is 0. The van der Waals surface area contributed by atoms with E-state index in [1.54, 1.807) is 31.2 Å². The Kier molecular flexibility index (Phi) is 8.44. The second-order valence-corrected chi connectivity index (χ2v) is 10.7. The molecule has 1 saturated carbocycles. The minimum atomic E-state index is -0.931. The predicted octanol–water partition coefficient (Wildman–Crippen LogP) is 3.51. The SMILES string of the molecule is CC1CC(C(=O)Nc2cccc(C(=O)N3CCC(c4cccc(CN)c4)CC3)c2)C(C(O)C(C)O)C1. The number of aliphatic hydroxyl groups excluding tert-OH is 2. The molecule has 7 heteroatoms. The van der Waals surface area contributed by atoms with Gasteiger partial charge in [0.05, 0.1) is 12.2 Å². The van der Waals surface area contributed by atoms with Gasteiger partial charge in [-0.05, 0) is 79.7 Å². The minimum Gasteiger partial charge on any atom is -0.391 e. The van der Waals surface area contributed by atoms with E-state index in [2.05, 4.69) is 24.4 Å². The molecule has 1 saturated heterocycles. The zero-order valence-corrected chi connectivity index (χ0v) is 21.3. The number of carbonyl (C=O) groups excluding carboxylic acids is 2. The molecule has 7 nitrogen and oxygen atoms in total. The van der Waals surface area contributed by atoms with Crippen molar-refractivity contribution >= 4 is 17.5 Å². The minimum absolute atomic E-state index is 0.0304. The van der Waals surface area contributed by atoms with E-state index < -0.39 is 12.2 Å². The highest BCUT2D eigenvalue weighted by molar-refractivity contribution is 5.98. The van der Waals surface area contributed by atoms with Gasteiger partial charge in [0.2, 0.25) is 5.91 Å². The van der Waals surface area contributed by atoms with Crippen LogP contribution in [-0.4, -0.2) is 52.2 Å². The summed E-state index contributed by atoms with van der Waals surface area (Å²) in [4.78, 5) is 28.2. The van der Waals surface area contributed by atoms with Gasteiger partial charge in [-0.25, -0.2) is 0 Å². The van der Waals surface area contributed by atoms with E-state index in [4.69, 9.17) is 5.73 Å². The third kappa shape index (κ3) is 5.97. The number of carbonyl (C=O) groups is 2. The number of piperidine rings is 1. The summed E-state index contributed by atoms with van der Waals surface area (Å²) < 4.78 is 0. The van der Waals surface area contributed by atoms with E-state index in [0.29, 0.717) is 55.6 Å². The van der Waals surface area contributed by atoms with Gasteiger partial charge in [-0.15, -0.1) is 0 Å². The predicted molar refractivity (Wildman–Crippen MR) is 140 cm³/mol. The van der Waals surface area contributed by atoms with Crippen molar-refractivity contribution in [2.45, 2.75) is 64.2 Å². The van der Waals surface area contributed by atoms with Gasteiger partial charge in [0, 0.05) is 36.8 Å². The topological polar surface area (TPSA) is 116 Å². The standard InChI is InChI=1S/C29H39N3O4/c1-18-13-25(27(34)19(2)33)26(14-18)28(35)31-24-8-4-7-23(16-24)29(36)32-11-9-21(10-12-32)22-6-3-5-20(15-22)17-30/h3-8,15-16,18-19,21,25-27,33-34H,9-14,17,30H2,1-2H3,(H,31,35). The van der Waals surface area contributed by atoms with Crippen molar-refractivity contribution in [1.29, 1.82) is 0 Å². The summed E-state index contributed by atoms with van der Waals surface area (Å²) in [5.41, 5.74) is 9.33. The molecule has 36 heavy (non-hydrogen) atoms. The first-order chi connectivity index (χ1) is 17.3. The fourth-order valence-corrected chi connectivity index (χ4v) is 5.91. The Balaban J connectivity index is 1.37. The van der Waals surface area contributed by atoms with Crippen LogP contribution in [0.4, 0.5) is 5.69 Å². The first-order valence-electron chi connectivity index (χ1n) is 13.1. The second kappa shape index (κ2) is 11.5. The Morgan fingerprint density at radius 1 is 1.08 bits per heavy atom. The van der Waals surface area contributed by atoms with Gasteiger partial charge in [-0.1, -0.05) is 37.3 Å². The smallest absolute Gasteiger partial charge is 0.253 e. The molecular formula is C29H39N3O4. The zero-order chi connectivity index (χ0) is 25.8. The van der Waals surface area contributed by atoms with Crippen LogP contribution in [-0.2, 0) is 11.3 Å². The molecule has 2 aromatic rings. The lowest BCUT2D eigenvalue weighted by atomic mass is 9.87. The molecule has 2 fully saturated rings. The molecular weight excluding hydrogens is 454 g/mol. The number of benzene rings is 2. The number of aliphatic hydroxyl groups is 2. The molecule has 5 atom stereocenters. The maximum Gasteiger partial charge on any atom is 0.253 e.